The molecule has 0 bridgehead atoms. The van der Waals surface area contributed by atoms with E-state index in [0.717, 1.165) is 17.8 Å². The van der Waals surface area contributed by atoms with Crippen molar-refractivity contribution in [1.82, 2.24) is 4.90 Å². The number of amides is 1. The molecule has 1 heterocycles. The molecule has 1 aliphatic heterocycles. The van der Waals surface area contributed by atoms with Crippen LogP contribution in [0.3, 0.4) is 0 Å². The highest BCUT2D eigenvalue weighted by molar-refractivity contribution is 8.17. The maximum absolute atomic E-state index is 13.0. The quantitative estimate of drug-likeness (QED) is 0.597. The Balaban J connectivity index is 2.67. The molecular formula is C19H22N2O4S. The second-order valence-electron chi connectivity index (χ2n) is 6.30. The first-order chi connectivity index (χ1) is 12.3. The maximum Gasteiger partial charge on any atom is 0.331 e. The summed E-state index contributed by atoms with van der Waals surface area (Å²) in [6.07, 6.45) is 1.15. The largest absolute Gasteiger partial charge is 0.466 e. The number of Topliss-reactive ketones (excluding diaryl/α,β-unsaturated/α-hetero) is 1. The van der Waals surface area contributed by atoms with Crippen LogP contribution in [0.1, 0.15) is 48.4 Å². The molecule has 2 rings (SSSR count). The molecule has 0 spiro atoms. The van der Waals surface area contributed by atoms with Crippen molar-refractivity contribution in [3.8, 4) is 0 Å². The average Bonchev–Trinajstić information content (AvgIpc) is 2.58. The predicted molar refractivity (Wildman–Crippen MR) is 102 cm³/mol. The third-order valence-corrected chi connectivity index (χ3v) is 4.82. The van der Waals surface area contributed by atoms with Crippen molar-refractivity contribution >= 4 is 34.6 Å². The summed E-state index contributed by atoms with van der Waals surface area (Å²) in [5, 5.41) is 0.387. The first-order valence-corrected chi connectivity index (χ1v) is 9.10. The van der Waals surface area contributed by atoms with Crippen LogP contribution in [0.2, 0.25) is 0 Å². The smallest absolute Gasteiger partial charge is 0.331 e. The fraction of sp³-hybridized carbons (Fsp3) is 0.368. The predicted octanol–water partition coefficient (Wildman–Crippen LogP) is 3.29. The number of rotatable bonds is 3. The Kier molecular flexibility index (Phi) is 6.37. The van der Waals surface area contributed by atoms with Crippen LogP contribution in [0.4, 0.5) is 0 Å². The zero-order valence-electron chi connectivity index (χ0n) is 15.5. The molecular weight excluding hydrogens is 352 g/mol. The molecule has 1 aromatic rings. The molecule has 0 radical (unpaired) electrons. The van der Waals surface area contributed by atoms with Crippen LogP contribution in [-0.2, 0) is 9.53 Å². The number of amidine groups is 1. The lowest BCUT2D eigenvalue weighted by molar-refractivity contribution is -0.134. The van der Waals surface area contributed by atoms with Crippen molar-refractivity contribution in [3.05, 3.63) is 46.4 Å². The number of hydrogen-bond donors (Lipinski definition) is 0. The van der Waals surface area contributed by atoms with E-state index in [-0.39, 0.29) is 28.1 Å². The van der Waals surface area contributed by atoms with Gasteiger partial charge in [-0.05, 0) is 45.5 Å². The molecule has 0 fully saturated rings. The molecule has 7 heteroatoms. The minimum Gasteiger partial charge on any atom is -0.466 e. The molecule has 0 atom stereocenters. The molecule has 26 heavy (non-hydrogen) atoms. The zero-order chi connectivity index (χ0) is 19.4. The lowest BCUT2D eigenvalue weighted by Gasteiger charge is -2.33. The summed E-state index contributed by atoms with van der Waals surface area (Å²) in [6, 6.07) is 6.59. The second-order valence-corrected chi connectivity index (χ2v) is 7.31. The summed E-state index contributed by atoms with van der Waals surface area (Å²) in [5.74, 6) is -1.51. The summed E-state index contributed by atoms with van der Waals surface area (Å²) in [7, 11) is 1.25. The number of aliphatic imine (C=N–C) groups is 1. The fourth-order valence-corrected chi connectivity index (χ4v) is 3.93. The normalized spacial score (nSPS) is 16.3. The van der Waals surface area contributed by atoms with Crippen LogP contribution in [0.5, 0.6) is 0 Å². The molecule has 1 amide bonds. The van der Waals surface area contributed by atoms with Crippen LogP contribution in [0.25, 0.3) is 0 Å². The van der Waals surface area contributed by atoms with Gasteiger partial charge in [0.25, 0.3) is 5.91 Å². The van der Waals surface area contributed by atoms with Gasteiger partial charge in [0, 0.05) is 23.7 Å². The Labute approximate surface area is 157 Å². The SMILES string of the molecule is COC(=O)/C=C1/SC(N(C(C)C)C(C)C)=NC(=O)c2ccccc2C1=O. The standard InChI is InChI=1S/C19H22N2O4S/c1-11(2)21(12(3)4)19-20-18(24)14-9-7-6-8-13(14)17(23)15(26-19)10-16(22)25-5/h6-12H,1-5H3/b15-10+,20-19?. The van der Waals surface area contributed by atoms with Crippen LogP contribution in [0.15, 0.2) is 40.2 Å². The minimum absolute atomic E-state index is 0.0539. The molecule has 0 aromatic heterocycles. The highest BCUT2D eigenvalue weighted by Crippen LogP contribution is 2.30. The van der Waals surface area contributed by atoms with E-state index in [1.807, 2.05) is 32.6 Å². The van der Waals surface area contributed by atoms with E-state index >= 15 is 0 Å². The molecule has 6 nitrogen and oxygen atoms in total. The van der Waals surface area contributed by atoms with E-state index in [2.05, 4.69) is 9.73 Å². The lowest BCUT2D eigenvalue weighted by Crippen LogP contribution is -2.41. The topological polar surface area (TPSA) is 76.0 Å². The van der Waals surface area contributed by atoms with E-state index in [1.165, 1.54) is 7.11 Å². The minimum atomic E-state index is -0.634. The molecule has 138 valence electrons. The summed E-state index contributed by atoms with van der Waals surface area (Å²) >= 11 is 1.02. The van der Waals surface area contributed by atoms with E-state index in [0.29, 0.717) is 5.17 Å². The van der Waals surface area contributed by atoms with Gasteiger partial charge in [0.2, 0.25) is 5.78 Å². The van der Waals surface area contributed by atoms with Gasteiger partial charge in [-0.2, -0.15) is 4.99 Å². The first kappa shape index (κ1) is 19.9. The van der Waals surface area contributed by atoms with Gasteiger partial charge in [0.15, 0.2) is 5.17 Å². The molecule has 1 aromatic carbocycles. The Morgan fingerprint density at radius 3 is 2.23 bits per heavy atom. The maximum atomic E-state index is 13.0. The number of nitrogens with zero attached hydrogens (tertiary/aromatic N) is 2. The van der Waals surface area contributed by atoms with Crippen molar-refractivity contribution in [1.29, 1.82) is 0 Å². The summed E-state index contributed by atoms with van der Waals surface area (Å²) in [5.41, 5.74) is 0.446. The van der Waals surface area contributed by atoms with Gasteiger partial charge >= 0.3 is 5.97 Å². The molecule has 0 saturated carbocycles. The Morgan fingerprint density at radius 1 is 1.12 bits per heavy atom. The lowest BCUT2D eigenvalue weighted by atomic mass is 10.0. The van der Waals surface area contributed by atoms with Gasteiger partial charge in [-0.1, -0.05) is 18.2 Å². The van der Waals surface area contributed by atoms with Gasteiger partial charge in [-0.15, -0.1) is 0 Å². The molecule has 0 aliphatic carbocycles. The van der Waals surface area contributed by atoms with Crippen molar-refractivity contribution in [2.45, 2.75) is 39.8 Å². The van der Waals surface area contributed by atoms with Gasteiger partial charge < -0.3 is 9.64 Å². The number of fused-ring (bicyclic) bond motifs is 1. The summed E-state index contributed by atoms with van der Waals surface area (Å²) in [4.78, 5) is 43.8. The van der Waals surface area contributed by atoms with Gasteiger partial charge in [0.05, 0.1) is 17.6 Å². The number of methoxy groups -OCH3 is 1. The molecule has 0 N–H and O–H groups in total. The highest BCUT2D eigenvalue weighted by Gasteiger charge is 2.29. The summed E-state index contributed by atoms with van der Waals surface area (Å²) < 4.78 is 4.67. The van der Waals surface area contributed by atoms with Crippen LogP contribution >= 0.6 is 11.8 Å². The number of allylic oxidation sites excluding steroid dienone is 1. The number of hydrogen-bond acceptors (Lipinski definition) is 6. The van der Waals surface area contributed by atoms with Crippen LogP contribution in [-0.4, -0.2) is 46.9 Å². The molecule has 0 unspecified atom stereocenters. The Hall–Kier alpha value is -2.41. The monoisotopic (exact) mass is 374 g/mol. The zero-order valence-corrected chi connectivity index (χ0v) is 16.3. The van der Waals surface area contributed by atoms with Crippen molar-refractivity contribution in [3.63, 3.8) is 0 Å². The first-order valence-electron chi connectivity index (χ1n) is 8.28. The summed E-state index contributed by atoms with van der Waals surface area (Å²) in [6.45, 7) is 7.91. The highest BCUT2D eigenvalue weighted by atomic mass is 32.2. The van der Waals surface area contributed by atoms with Crippen LogP contribution in [0, 0.1) is 0 Å². The number of carbonyl (C=O) groups is 3. The number of thioether (sulfide) groups is 1. The third kappa shape index (κ3) is 4.22. The Morgan fingerprint density at radius 2 is 1.69 bits per heavy atom. The van der Waals surface area contributed by atoms with Gasteiger partial charge in [0.1, 0.15) is 0 Å². The van der Waals surface area contributed by atoms with Gasteiger partial charge in [-0.3, -0.25) is 9.59 Å². The van der Waals surface area contributed by atoms with E-state index in [1.54, 1.807) is 24.3 Å². The van der Waals surface area contributed by atoms with E-state index < -0.39 is 17.7 Å². The third-order valence-electron chi connectivity index (χ3n) is 3.81. The number of benzene rings is 1. The van der Waals surface area contributed by atoms with E-state index in [4.69, 9.17) is 0 Å². The van der Waals surface area contributed by atoms with Gasteiger partial charge in [-0.25, -0.2) is 4.79 Å². The van der Waals surface area contributed by atoms with Crippen molar-refractivity contribution in [2.75, 3.05) is 7.11 Å². The number of carbonyl (C=O) groups excluding carboxylic acids is 3. The number of esters is 1. The average molecular weight is 374 g/mol. The fourth-order valence-electron chi connectivity index (χ4n) is 2.72. The number of ether oxygens (including phenoxy) is 1. The van der Waals surface area contributed by atoms with Crippen LogP contribution < -0.4 is 0 Å². The molecule has 1 aliphatic rings. The van der Waals surface area contributed by atoms with Crippen molar-refractivity contribution < 1.29 is 19.1 Å². The number of ketones is 1. The van der Waals surface area contributed by atoms with E-state index in [9.17, 15) is 14.4 Å². The van der Waals surface area contributed by atoms with Crippen molar-refractivity contribution in [2.24, 2.45) is 4.99 Å². The molecule has 0 saturated heterocycles. The Bertz CT molecular complexity index is 788. The second kappa shape index (κ2) is 8.31.